The van der Waals surface area contributed by atoms with Gasteiger partial charge in [0.15, 0.2) is 0 Å². The smallest absolute Gasteiger partial charge is 0.00976 e. The zero-order valence-corrected chi connectivity index (χ0v) is 10.2. The molecule has 1 nitrogen and oxygen atoms in total. The van der Waals surface area contributed by atoms with E-state index in [-0.39, 0.29) is 5.48 Å². The van der Waals surface area contributed by atoms with Gasteiger partial charge in [-0.2, -0.15) is 0 Å². The average molecular weight is 232 g/mol. The Kier molecular flexibility index (Phi) is 5.77. The van der Waals surface area contributed by atoms with Crippen molar-refractivity contribution in [3.63, 3.8) is 0 Å². The van der Waals surface area contributed by atoms with Crippen molar-refractivity contribution in [3.8, 4) is 0 Å². The predicted octanol–water partition coefficient (Wildman–Crippen LogP) is 3.24. The van der Waals surface area contributed by atoms with Crippen molar-refractivity contribution in [2.24, 2.45) is 0 Å². The minimum Gasteiger partial charge on any atom is -0.412 e. The Morgan fingerprint density at radius 2 is 1.00 bits per heavy atom. The second kappa shape index (κ2) is 7.16. The van der Waals surface area contributed by atoms with Crippen LogP contribution in [0.25, 0.3) is 0 Å². The van der Waals surface area contributed by atoms with Gasteiger partial charge in [-0.15, -0.1) is 8.58 Å². The lowest BCUT2D eigenvalue weighted by molar-refractivity contribution is 0.824. The van der Waals surface area contributed by atoms with Gasteiger partial charge in [0.1, 0.15) is 0 Å². The maximum absolute atomic E-state index is 2.21. The Labute approximate surface area is 98.6 Å². The van der Waals surface area contributed by atoms with Crippen LogP contribution in [-0.2, 0) is 12.3 Å². The van der Waals surface area contributed by atoms with Gasteiger partial charge in [0, 0.05) is 0 Å². The zero-order chi connectivity index (χ0) is 10.3. The van der Waals surface area contributed by atoms with E-state index in [1.807, 2.05) is 0 Å². The quantitative estimate of drug-likeness (QED) is 0.725. The third kappa shape index (κ3) is 4.14. The number of hydrogen-bond donors (Lipinski definition) is 0. The van der Waals surface area contributed by atoms with Gasteiger partial charge in [0.2, 0.25) is 0 Å². The van der Waals surface area contributed by atoms with E-state index in [9.17, 15) is 0 Å². The number of benzene rings is 2. The SMILES string of the molecule is O.c1ccc(CPCc2ccccc2)cc1. The highest BCUT2D eigenvalue weighted by atomic mass is 31.1. The second-order valence-corrected chi connectivity index (χ2v) is 4.78. The Balaban J connectivity index is 0.00000128. The first-order valence-electron chi connectivity index (χ1n) is 5.24. The van der Waals surface area contributed by atoms with Crippen LogP contribution in [0.2, 0.25) is 0 Å². The predicted molar refractivity (Wildman–Crippen MR) is 72.2 cm³/mol. The van der Waals surface area contributed by atoms with Crippen LogP contribution >= 0.6 is 8.58 Å². The van der Waals surface area contributed by atoms with E-state index in [0.29, 0.717) is 0 Å². The van der Waals surface area contributed by atoms with Crippen molar-refractivity contribution >= 4 is 8.58 Å². The molecule has 0 fully saturated rings. The van der Waals surface area contributed by atoms with Crippen LogP contribution in [0.5, 0.6) is 0 Å². The number of rotatable bonds is 4. The molecule has 0 bridgehead atoms. The van der Waals surface area contributed by atoms with E-state index in [2.05, 4.69) is 60.7 Å². The van der Waals surface area contributed by atoms with E-state index in [4.69, 9.17) is 0 Å². The lowest BCUT2D eigenvalue weighted by atomic mass is 10.2. The fourth-order valence-electron chi connectivity index (χ4n) is 1.54. The van der Waals surface area contributed by atoms with Crippen molar-refractivity contribution in [1.29, 1.82) is 0 Å². The third-order valence-electron chi connectivity index (χ3n) is 2.34. The lowest BCUT2D eigenvalue weighted by Gasteiger charge is -2.02. The van der Waals surface area contributed by atoms with Crippen molar-refractivity contribution in [1.82, 2.24) is 0 Å². The average Bonchev–Trinajstić information content (AvgIpc) is 2.32. The van der Waals surface area contributed by atoms with Crippen LogP contribution in [-0.4, -0.2) is 5.48 Å². The maximum Gasteiger partial charge on any atom is -0.00976 e. The fourth-order valence-corrected chi connectivity index (χ4v) is 2.72. The minimum atomic E-state index is 0. The molecule has 0 spiro atoms. The van der Waals surface area contributed by atoms with Crippen LogP contribution in [0.4, 0.5) is 0 Å². The summed E-state index contributed by atoms with van der Waals surface area (Å²) in [6.07, 6.45) is 2.41. The Morgan fingerprint density at radius 3 is 1.38 bits per heavy atom. The summed E-state index contributed by atoms with van der Waals surface area (Å²) in [6.45, 7) is 0. The Morgan fingerprint density at radius 1 is 0.625 bits per heavy atom. The van der Waals surface area contributed by atoms with E-state index >= 15 is 0 Å². The maximum atomic E-state index is 2.21. The first-order chi connectivity index (χ1) is 7.45. The first kappa shape index (κ1) is 12.9. The van der Waals surface area contributed by atoms with Crippen molar-refractivity contribution in [2.45, 2.75) is 12.3 Å². The topological polar surface area (TPSA) is 31.5 Å². The van der Waals surface area contributed by atoms with Gasteiger partial charge in [-0.3, -0.25) is 0 Å². The molecule has 0 unspecified atom stereocenters. The Bertz CT molecular complexity index is 346. The molecule has 2 N–H and O–H groups in total. The monoisotopic (exact) mass is 232 g/mol. The van der Waals surface area contributed by atoms with Gasteiger partial charge < -0.3 is 5.48 Å². The van der Waals surface area contributed by atoms with Crippen LogP contribution in [0, 0.1) is 0 Å². The third-order valence-corrected chi connectivity index (χ3v) is 3.66. The highest BCUT2D eigenvalue weighted by molar-refractivity contribution is 7.36. The van der Waals surface area contributed by atoms with Crippen molar-refractivity contribution in [2.75, 3.05) is 0 Å². The molecule has 0 heterocycles. The zero-order valence-electron chi connectivity index (χ0n) is 9.19. The Hall–Kier alpha value is -1.17. The van der Waals surface area contributed by atoms with Gasteiger partial charge >= 0.3 is 0 Å². The molecule has 0 atom stereocenters. The molecule has 0 radical (unpaired) electrons. The van der Waals surface area contributed by atoms with E-state index in [1.54, 1.807) is 0 Å². The lowest BCUT2D eigenvalue weighted by Crippen LogP contribution is -1.80. The molecule has 84 valence electrons. The molecule has 0 aliphatic rings. The number of hydrogen-bond acceptors (Lipinski definition) is 0. The standard InChI is InChI=1S/C14H15P.H2O/c1-3-7-13(8-4-1)11-15-12-14-9-5-2-6-10-14;/h1-10,15H,11-12H2;1H2. The summed E-state index contributed by atoms with van der Waals surface area (Å²) < 4.78 is 0. The summed E-state index contributed by atoms with van der Waals surface area (Å²) in [5.74, 6) is 0. The van der Waals surface area contributed by atoms with Crippen LogP contribution < -0.4 is 0 Å². The summed E-state index contributed by atoms with van der Waals surface area (Å²) in [4.78, 5) is 0. The van der Waals surface area contributed by atoms with Crippen molar-refractivity contribution in [3.05, 3.63) is 71.8 Å². The normalized spacial score (nSPS) is 9.50. The highest BCUT2D eigenvalue weighted by Crippen LogP contribution is 2.23. The van der Waals surface area contributed by atoms with E-state index in [1.165, 1.54) is 23.5 Å². The van der Waals surface area contributed by atoms with Gasteiger partial charge in [0.25, 0.3) is 0 Å². The molecular weight excluding hydrogens is 215 g/mol. The van der Waals surface area contributed by atoms with E-state index in [0.717, 1.165) is 8.58 Å². The van der Waals surface area contributed by atoms with Crippen LogP contribution in [0.15, 0.2) is 60.7 Å². The largest absolute Gasteiger partial charge is 0.412 e. The van der Waals surface area contributed by atoms with Gasteiger partial charge in [-0.05, 0) is 23.5 Å². The van der Waals surface area contributed by atoms with Crippen LogP contribution in [0.3, 0.4) is 0 Å². The molecule has 0 aliphatic carbocycles. The molecule has 2 aromatic rings. The fraction of sp³-hybridized carbons (Fsp3) is 0.143. The summed E-state index contributed by atoms with van der Waals surface area (Å²) in [7, 11) is 0.987. The van der Waals surface area contributed by atoms with Crippen LogP contribution in [0.1, 0.15) is 11.1 Å². The highest BCUT2D eigenvalue weighted by Gasteiger charge is 1.93. The second-order valence-electron chi connectivity index (χ2n) is 3.57. The summed E-state index contributed by atoms with van der Waals surface area (Å²) in [5.41, 5.74) is 2.90. The van der Waals surface area contributed by atoms with Gasteiger partial charge in [-0.1, -0.05) is 60.7 Å². The molecule has 0 aromatic heterocycles. The molecule has 2 aromatic carbocycles. The van der Waals surface area contributed by atoms with Crippen molar-refractivity contribution < 1.29 is 5.48 Å². The summed E-state index contributed by atoms with van der Waals surface area (Å²) in [6, 6.07) is 21.4. The first-order valence-corrected chi connectivity index (χ1v) is 6.65. The van der Waals surface area contributed by atoms with Gasteiger partial charge in [0.05, 0.1) is 0 Å². The molecule has 2 rings (SSSR count). The van der Waals surface area contributed by atoms with E-state index < -0.39 is 0 Å². The molecule has 0 saturated heterocycles. The summed E-state index contributed by atoms with van der Waals surface area (Å²) in [5, 5.41) is 0. The molecular formula is C14H17OP. The molecule has 0 saturated carbocycles. The van der Waals surface area contributed by atoms with Gasteiger partial charge in [-0.25, -0.2) is 0 Å². The molecule has 0 aliphatic heterocycles. The summed E-state index contributed by atoms with van der Waals surface area (Å²) >= 11 is 0. The minimum absolute atomic E-state index is 0. The molecule has 2 heteroatoms. The molecule has 16 heavy (non-hydrogen) atoms. The molecule has 0 amide bonds.